The van der Waals surface area contributed by atoms with Gasteiger partial charge in [-0.3, -0.25) is 0 Å². The number of fused-ring (bicyclic) bond motifs is 1. The second kappa shape index (κ2) is 6.15. The van der Waals surface area contributed by atoms with Crippen molar-refractivity contribution in [3.05, 3.63) is 30.0 Å². The minimum Gasteiger partial charge on any atom is -0.497 e. The molecule has 0 bridgehead atoms. The van der Waals surface area contributed by atoms with Crippen LogP contribution in [0.4, 0.5) is 0 Å². The van der Waals surface area contributed by atoms with Crippen LogP contribution in [0.2, 0.25) is 0 Å². The summed E-state index contributed by atoms with van der Waals surface area (Å²) in [6, 6.07) is 6.01. The van der Waals surface area contributed by atoms with Gasteiger partial charge in [0.1, 0.15) is 5.75 Å². The van der Waals surface area contributed by atoms with Gasteiger partial charge in [0.15, 0.2) is 0 Å². The van der Waals surface area contributed by atoms with E-state index >= 15 is 0 Å². The zero-order valence-corrected chi connectivity index (χ0v) is 9.79. The van der Waals surface area contributed by atoms with Gasteiger partial charge in [-0.2, -0.15) is 0 Å². The maximum Gasteiger partial charge on any atom is 0.119 e. The third-order valence-corrected chi connectivity index (χ3v) is 2.39. The van der Waals surface area contributed by atoms with Crippen LogP contribution < -0.4 is 16.2 Å². The van der Waals surface area contributed by atoms with Crippen molar-refractivity contribution < 1.29 is 4.74 Å². The van der Waals surface area contributed by atoms with E-state index in [0.29, 0.717) is 6.54 Å². The van der Waals surface area contributed by atoms with Gasteiger partial charge in [-0.05, 0) is 43.8 Å². The van der Waals surface area contributed by atoms with Crippen molar-refractivity contribution in [2.24, 2.45) is 11.5 Å². The molecule has 0 radical (unpaired) electrons. The van der Waals surface area contributed by atoms with E-state index < -0.39 is 0 Å². The molecule has 0 saturated carbocycles. The standard InChI is InChI=1S/C11H14N2O.CH5N/c1-14-9-2-3-11-10(6-9)8(4-5-12)7-13-11;1-2/h2-3,6-7,13H,4-5,12H2,1H3;2H2,1H3. The van der Waals surface area contributed by atoms with E-state index in [9.17, 15) is 0 Å². The Bertz CT molecular complexity index is 437. The zero-order chi connectivity index (χ0) is 12.0. The summed E-state index contributed by atoms with van der Waals surface area (Å²) in [5.74, 6) is 0.885. The van der Waals surface area contributed by atoms with Crippen molar-refractivity contribution in [2.75, 3.05) is 20.7 Å². The van der Waals surface area contributed by atoms with E-state index in [2.05, 4.69) is 10.7 Å². The molecule has 0 amide bonds. The highest BCUT2D eigenvalue weighted by molar-refractivity contribution is 5.84. The van der Waals surface area contributed by atoms with Crippen molar-refractivity contribution in [3.8, 4) is 5.75 Å². The first kappa shape index (κ1) is 12.5. The number of aromatic amines is 1. The van der Waals surface area contributed by atoms with Gasteiger partial charge in [0.2, 0.25) is 0 Å². The third-order valence-electron chi connectivity index (χ3n) is 2.39. The lowest BCUT2D eigenvalue weighted by Crippen LogP contribution is -2.01. The molecule has 2 aromatic rings. The van der Waals surface area contributed by atoms with Crippen LogP contribution in [0.3, 0.4) is 0 Å². The molecule has 0 saturated heterocycles. The summed E-state index contributed by atoms with van der Waals surface area (Å²) in [6.45, 7) is 0.671. The summed E-state index contributed by atoms with van der Waals surface area (Å²) >= 11 is 0. The van der Waals surface area contributed by atoms with Gasteiger partial charge in [0.25, 0.3) is 0 Å². The average Bonchev–Trinajstić information content (AvgIpc) is 2.75. The summed E-state index contributed by atoms with van der Waals surface area (Å²) < 4.78 is 5.18. The Balaban J connectivity index is 0.000000606. The Morgan fingerprint density at radius 2 is 2.06 bits per heavy atom. The van der Waals surface area contributed by atoms with E-state index in [1.807, 2.05) is 24.4 Å². The second-order valence-corrected chi connectivity index (χ2v) is 3.26. The van der Waals surface area contributed by atoms with Gasteiger partial charge in [-0.25, -0.2) is 0 Å². The Kier molecular flexibility index (Phi) is 4.82. The molecule has 2 rings (SSSR count). The summed E-state index contributed by atoms with van der Waals surface area (Å²) in [5.41, 5.74) is 12.4. The van der Waals surface area contributed by atoms with Crippen LogP contribution in [0.5, 0.6) is 5.75 Å². The number of ether oxygens (including phenoxy) is 1. The Labute approximate surface area is 95.6 Å². The van der Waals surface area contributed by atoms with E-state index in [0.717, 1.165) is 17.7 Å². The highest BCUT2D eigenvalue weighted by atomic mass is 16.5. The fraction of sp³-hybridized carbons (Fsp3) is 0.333. The highest BCUT2D eigenvalue weighted by Crippen LogP contribution is 2.23. The Morgan fingerprint density at radius 1 is 1.31 bits per heavy atom. The molecule has 0 aliphatic rings. The SMILES string of the molecule is CN.COc1ccc2[nH]cc(CCN)c2c1. The van der Waals surface area contributed by atoms with Gasteiger partial charge in [-0.1, -0.05) is 0 Å². The van der Waals surface area contributed by atoms with Gasteiger partial charge in [0.05, 0.1) is 7.11 Å². The maximum absolute atomic E-state index is 5.54. The van der Waals surface area contributed by atoms with Crippen LogP contribution in [0.1, 0.15) is 5.56 Å². The van der Waals surface area contributed by atoms with E-state index in [-0.39, 0.29) is 0 Å². The molecule has 0 unspecified atom stereocenters. The van der Waals surface area contributed by atoms with Crippen LogP contribution >= 0.6 is 0 Å². The number of H-pyrrole nitrogens is 1. The smallest absolute Gasteiger partial charge is 0.119 e. The molecule has 4 heteroatoms. The second-order valence-electron chi connectivity index (χ2n) is 3.26. The Morgan fingerprint density at radius 3 is 2.69 bits per heavy atom. The molecule has 0 aliphatic heterocycles. The van der Waals surface area contributed by atoms with E-state index in [4.69, 9.17) is 10.5 Å². The first-order chi connectivity index (χ1) is 7.85. The lowest BCUT2D eigenvalue weighted by molar-refractivity contribution is 0.415. The highest BCUT2D eigenvalue weighted by Gasteiger charge is 2.03. The third kappa shape index (κ3) is 2.53. The van der Waals surface area contributed by atoms with Crippen molar-refractivity contribution >= 4 is 10.9 Å². The van der Waals surface area contributed by atoms with Gasteiger partial charge in [-0.15, -0.1) is 0 Å². The molecule has 0 fully saturated rings. The van der Waals surface area contributed by atoms with Crippen molar-refractivity contribution in [1.29, 1.82) is 0 Å². The van der Waals surface area contributed by atoms with Crippen LogP contribution in [0.25, 0.3) is 10.9 Å². The maximum atomic E-state index is 5.54. The first-order valence-electron chi connectivity index (χ1n) is 5.27. The first-order valence-corrected chi connectivity index (χ1v) is 5.27. The van der Waals surface area contributed by atoms with Gasteiger partial charge < -0.3 is 21.2 Å². The minimum atomic E-state index is 0.671. The molecule has 16 heavy (non-hydrogen) atoms. The number of rotatable bonds is 3. The molecule has 1 heterocycles. The van der Waals surface area contributed by atoms with Crippen LogP contribution in [-0.2, 0) is 6.42 Å². The summed E-state index contributed by atoms with van der Waals surface area (Å²) in [5, 5.41) is 1.20. The molecule has 5 N–H and O–H groups in total. The fourth-order valence-electron chi connectivity index (χ4n) is 1.65. The number of benzene rings is 1. The lowest BCUT2D eigenvalue weighted by atomic mass is 10.1. The summed E-state index contributed by atoms with van der Waals surface area (Å²) in [6.07, 6.45) is 2.91. The van der Waals surface area contributed by atoms with Gasteiger partial charge >= 0.3 is 0 Å². The molecule has 88 valence electrons. The van der Waals surface area contributed by atoms with E-state index in [1.54, 1.807) is 7.11 Å². The molecular formula is C12H19N3O. The van der Waals surface area contributed by atoms with Crippen LogP contribution in [-0.4, -0.2) is 25.7 Å². The topological polar surface area (TPSA) is 77.1 Å². The summed E-state index contributed by atoms with van der Waals surface area (Å²) in [7, 11) is 3.18. The number of aromatic nitrogens is 1. The number of nitrogens with two attached hydrogens (primary N) is 2. The number of hydrogen-bond acceptors (Lipinski definition) is 3. The number of methoxy groups -OCH3 is 1. The normalized spacial score (nSPS) is 9.75. The molecule has 4 nitrogen and oxygen atoms in total. The molecule has 0 atom stereocenters. The van der Waals surface area contributed by atoms with Crippen molar-refractivity contribution in [1.82, 2.24) is 4.98 Å². The van der Waals surface area contributed by atoms with Crippen molar-refractivity contribution in [3.63, 3.8) is 0 Å². The van der Waals surface area contributed by atoms with Crippen LogP contribution in [0, 0.1) is 0 Å². The predicted molar refractivity (Wildman–Crippen MR) is 67.7 cm³/mol. The molecule has 0 spiro atoms. The lowest BCUT2D eigenvalue weighted by Gasteiger charge is -2.00. The number of hydrogen-bond donors (Lipinski definition) is 3. The largest absolute Gasteiger partial charge is 0.497 e. The summed E-state index contributed by atoms with van der Waals surface area (Å²) in [4.78, 5) is 3.21. The molecular weight excluding hydrogens is 202 g/mol. The monoisotopic (exact) mass is 221 g/mol. The molecule has 0 aliphatic carbocycles. The molecule has 1 aromatic heterocycles. The predicted octanol–water partition coefficient (Wildman–Crippen LogP) is 1.25. The van der Waals surface area contributed by atoms with Crippen LogP contribution in [0.15, 0.2) is 24.4 Å². The van der Waals surface area contributed by atoms with E-state index in [1.165, 1.54) is 18.0 Å². The fourth-order valence-corrected chi connectivity index (χ4v) is 1.65. The Hall–Kier alpha value is -1.52. The average molecular weight is 221 g/mol. The van der Waals surface area contributed by atoms with Crippen molar-refractivity contribution in [2.45, 2.75) is 6.42 Å². The quantitative estimate of drug-likeness (QED) is 0.730. The minimum absolute atomic E-state index is 0.671. The zero-order valence-electron chi connectivity index (χ0n) is 9.79. The number of nitrogens with one attached hydrogen (secondary N) is 1. The van der Waals surface area contributed by atoms with Gasteiger partial charge in [0, 0.05) is 17.1 Å². The molecule has 1 aromatic carbocycles.